The maximum absolute atomic E-state index is 8.49. The zero-order valence-corrected chi connectivity index (χ0v) is 12.1. The lowest BCUT2D eigenvalue weighted by Gasteiger charge is -2.09. The predicted octanol–water partition coefficient (Wildman–Crippen LogP) is 4.51. The molecule has 0 heterocycles. The van der Waals surface area contributed by atoms with Gasteiger partial charge < -0.3 is 10.1 Å². The van der Waals surface area contributed by atoms with Crippen molar-refractivity contribution in [3.05, 3.63) is 58.1 Å². The average Bonchev–Trinajstić information content (AvgIpc) is 2.42. The highest BCUT2D eigenvalue weighted by atomic mass is 35.5. The molecule has 0 unspecified atom stereocenters. The van der Waals surface area contributed by atoms with E-state index in [-0.39, 0.29) is 6.61 Å². The van der Waals surface area contributed by atoms with Gasteiger partial charge in [-0.2, -0.15) is 5.26 Å². The smallest absolute Gasteiger partial charge is 0.174 e. The molecule has 20 heavy (non-hydrogen) atoms. The number of halogens is 2. The summed E-state index contributed by atoms with van der Waals surface area (Å²) in [5.41, 5.74) is 1.89. The highest BCUT2D eigenvalue weighted by molar-refractivity contribution is 6.34. The first-order chi connectivity index (χ1) is 9.67. The van der Waals surface area contributed by atoms with E-state index in [0.29, 0.717) is 22.3 Å². The number of nitrogens with zero attached hydrogens (tertiary/aromatic N) is 1. The molecule has 5 heteroatoms. The molecule has 2 rings (SSSR count). The minimum absolute atomic E-state index is 0.0351. The van der Waals surface area contributed by atoms with Crippen molar-refractivity contribution in [3.63, 3.8) is 0 Å². The predicted molar refractivity (Wildman–Crippen MR) is 81.3 cm³/mol. The van der Waals surface area contributed by atoms with Crippen molar-refractivity contribution in [1.82, 2.24) is 0 Å². The second-order valence-corrected chi connectivity index (χ2v) is 4.98. The number of nitrogens with one attached hydrogen (secondary N) is 1. The Bertz CT molecular complexity index is 618. The van der Waals surface area contributed by atoms with E-state index in [1.54, 1.807) is 12.1 Å². The number of nitriles is 1. The van der Waals surface area contributed by atoms with Crippen LogP contribution in [-0.2, 0) is 6.54 Å². The summed E-state index contributed by atoms with van der Waals surface area (Å²) in [7, 11) is 0. The Labute approximate surface area is 127 Å². The fraction of sp³-hybridized carbons (Fsp3) is 0.133. The van der Waals surface area contributed by atoms with Crippen molar-refractivity contribution in [1.29, 1.82) is 5.26 Å². The molecular formula is C15H12Cl2N2O. The normalized spacial score (nSPS) is 9.85. The number of hydrogen-bond donors (Lipinski definition) is 1. The summed E-state index contributed by atoms with van der Waals surface area (Å²) in [4.78, 5) is 0. The summed E-state index contributed by atoms with van der Waals surface area (Å²) in [6.07, 6.45) is 0. The molecule has 2 aromatic carbocycles. The van der Waals surface area contributed by atoms with Crippen LogP contribution in [0.5, 0.6) is 5.75 Å². The highest BCUT2D eigenvalue weighted by Crippen LogP contribution is 2.21. The number of rotatable bonds is 5. The van der Waals surface area contributed by atoms with Crippen molar-refractivity contribution in [2.24, 2.45) is 0 Å². The SMILES string of the molecule is N#CCOc1cccc(NCc2cc(Cl)cc(Cl)c2)c1. The van der Waals surface area contributed by atoms with Crippen LogP contribution in [0, 0.1) is 11.3 Å². The molecule has 0 amide bonds. The zero-order valence-electron chi connectivity index (χ0n) is 10.6. The average molecular weight is 307 g/mol. The first kappa shape index (κ1) is 14.5. The Morgan fingerprint density at radius 1 is 1.10 bits per heavy atom. The van der Waals surface area contributed by atoms with E-state index >= 15 is 0 Å². The summed E-state index contributed by atoms with van der Waals surface area (Å²) in [5, 5.41) is 13.0. The molecule has 3 nitrogen and oxygen atoms in total. The van der Waals surface area contributed by atoms with Gasteiger partial charge in [0.2, 0.25) is 0 Å². The van der Waals surface area contributed by atoms with Gasteiger partial charge in [-0.3, -0.25) is 0 Å². The largest absolute Gasteiger partial charge is 0.479 e. The van der Waals surface area contributed by atoms with Crippen LogP contribution in [0.2, 0.25) is 10.0 Å². The van der Waals surface area contributed by atoms with Crippen molar-refractivity contribution < 1.29 is 4.74 Å². The standard InChI is InChI=1S/C15H12Cl2N2O/c16-12-6-11(7-13(17)8-12)10-19-14-2-1-3-15(9-14)20-5-4-18/h1-3,6-9,19H,5,10H2. The van der Waals surface area contributed by atoms with Gasteiger partial charge in [0.05, 0.1) is 0 Å². The van der Waals surface area contributed by atoms with Crippen molar-refractivity contribution in [2.75, 3.05) is 11.9 Å². The van der Waals surface area contributed by atoms with Crippen LogP contribution < -0.4 is 10.1 Å². The number of hydrogen-bond acceptors (Lipinski definition) is 3. The minimum Gasteiger partial charge on any atom is -0.479 e. The van der Waals surface area contributed by atoms with Gasteiger partial charge in [0.1, 0.15) is 11.8 Å². The van der Waals surface area contributed by atoms with E-state index in [2.05, 4.69) is 5.32 Å². The summed E-state index contributed by atoms with van der Waals surface area (Å²) < 4.78 is 5.24. The van der Waals surface area contributed by atoms with Gasteiger partial charge in [-0.25, -0.2) is 0 Å². The first-order valence-corrected chi connectivity index (χ1v) is 6.71. The Hall–Kier alpha value is -1.89. The van der Waals surface area contributed by atoms with E-state index < -0.39 is 0 Å². The number of ether oxygens (including phenoxy) is 1. The van der Waals surface area contributed by atoms with E-state index in [0.717, 1.165) is 11.3 Å². The second kappa shape index (κ2) is 7.04. The maximum atomic E-state index is 8.49. The van der Waals surface area contributed by atoms with Gasteiger partial charge in [0.25, 0.3) is 0 Å². The zero-order chi connectivity index (χ0) is 14.4. The van der Waals surface area contributed by atoms with Gasteiger partial charge in [-0.15, -0.1) is 0 Å². The molecule has 2 aromatic rings. The van der Waals surface area contributed by atoms with E-state index in [4.69, 9.17) is 33.2 Å². The fourth-order valence-corrected chi connectivity index (χ4v) is 2.30. The molecule has 1 N–H and O–H groups in total. The van der Waals surface area contributed by atoms with Crippen LogP contribution >= 0.6 is 23.2 Å². The van der Waals surface area contributed by atoms with Crippen LogP contribution in [0.25, 0.3) is 0 Å². The van der Waals surface area contributed by atoms with Crippen molar-refractivity contribution in [2.45, 2.75) is 6.54 Å². The van der Waals surface area contributed by atoms with Crippen LogP contribution in [0.1, 0.15) is 5.56 Å². The van der Waals surface area contributed by atoms with Gasteiger partial charge in [0.15, 0.2) is 6.61 Å². The summed E-state index contributed by atoms with van der Waals surface area (Å²) in [6, 6.07) is 14.8. The van der Waals surface area contributed by atoms with Gasteiger partial charge in [-0.1, -0.05) is 29.3 Å². The van der Waals surface area contributed by atoms with Crippen LogP contribution in [-0.4, -0.2) is 6.61 Å². The third-order valence-corrected chi connectivity index (χ3v) is 2.99. The molecule has 0 saturated carbocycles. The quantitative estimate of drug-likeness (QED) is 0.884. The van der Waals surface area contributed by atoms with Crippen molar-refractivity contribution >= 4 is 28.9 Å². The van der Waals surface area contributed by atoms with E-state index in [1.807, 2.05) is 36.4 Å². The topological polar surface area (TPSA) is 45.0 Å². The van der Waals surface area contributed by atoms with Crippen LogP contribution in [0.3, 0.4) is 0 Å². The Morgan fingerprint density at radius 3 is 2.55 bits per heavy atom. The fourth-order valence-electron chi connectivity index (χ4n) is 1.73. The Balaban J connectivity index is 2.01. The summed E-state index contributed by atoms with van der Waals surface area (Å²) >= 11 is 11.9. The molecule has 0 aliphatic carbocycles. The monoisotopic (exact) mass is 306 g/mol. The molecule has 0 aliphatic rings. The van der Waals surface area contributed by atoms with E-state index in [9.17, 15) is 0 Å². The molecule has 0 atom stereocenters. The minimum atomic E-state index is 0.0351. The summed E-state index contributed by atoms with van der Waals surface area (Å²) in [6.45, 7) is 0.634. The van der Waals surface area contributed by atoms with Crippen LogP contribution in [0.4, 0.5) is 5.69 Å². The molecule has 0 bridgehead atoms. The second-order valence-electron chi connectivity index (χ2n) is 4.11. The molecule has 102 valence electrons. The molecule has 0 fully saturated rings. The lowest BCUT2D eigenvalue weighted by molar-refractivity contribution is 0.368. The molecule has 0 aromatic heterocycles. The number of anilines is 1. The summed E-state index contributed by atoms with van der Waals surface area (Å²) in [5.74, 6) is 0.653. The van der Waals surface area contributed by atoms with Gasteiger partial charge >= 0.3 is 0 Å². The highest BCUT2D eigenvalue weighted by Gasteiger charge is 2.00. The lowest BCUT2D eigenvalue weighted by atomic mass is 10.2. The maximum Gasteiger partial charge on any atom is 0.174 e. The van der Waals surface area contributed by atoms with Crippen molar-refractivity contribution in [3.8, 4) is 11.8 Å². The van der Waals surface area contributed by atoms with Gasteiger partial charge in [0, 0.05) is 28.3 Å². The molecular weight excluding hydrogens is 295 g/mol. The lowest BCUT2D eigenvalue weighted by Crippen LogP contribution is -2.00. The third-order valence-electron chi connectivity index (χ3n) is 2.56. The van der Waals surface area contributed by atoms with Gasteiger partial charge in [-0.05, 0) is 35.9 Å². The Morgan fingerprint density at radius 2 is 1.85 bits per heavy atom. The molecule has 0 spiro atoms. The molecule has 0 aliphatic heterocycles. The van der Waals surface area contributed by atoms with Crippen LogP contribution in [0.15, 0.2) is 42.5 Å². The Kier molecular flexibility index (Phi) is 5.11. The van der Waals surface area contributed by atoms with E-state index in [1.165, 1.54) is 0 Å². The molecule has 0 saturated heterocycles. The third kappa shape index (κ3) is 4.34. The molecule has 0 radical (unpaired) electrons. The number of benzene rings is 2. The first-order valence-electron chi connectivity index (χ1n) is 5.96.